The maximum absolute atomic E-state index is 13.9. The molecular formula is C29H50N4O5. The Morgan fingerprint density at radius 1 is 0.789 bits per heavy atom. The van der Waals surface area contributed by atoms with Crippen molar-refractivity contribution in [3.63, 3.8) is 0 Å². The molecule has 0 radical (unpaired) electrons. The number of urea groups is 1. The number of aliphatic carboxylic acids is 1. The Labute approximate surface area is 228 Å². The summed E-state index contributed by atoms with van der Waals surface area (Å²) < 4.78 is 0. The summed E-state index contributed by atoms with van der Waals surface area (Å²) >= 11 is 0. The molecule has 0 unspecified atom stereocenters. The number of carboxylic acid groups (broad SMARTS) is 1. The normalized spacial score (nSPS) is 21.8. The van der Waals surface area contributed by atoms with Crippen LogP contribution in [0.25, 0.3) is 0 Å². The molecule has 216 valence electrons. The van der Waals surface area contributed by atoms with Gasteiger partial charge in [0.05, 0.1) is 0 Å². The fourth-order valence-corrected chi connectivity index (χ4v) is 6.52. The molecule has 0 bridgehead atoms. The van der Waals surface area contributed by atoms with E-state index in [1.807, 2.05) is 13.8 Å². The molecule has 3 N–H and O–H groups in total. The number of nitrogens with one attached hydrogen (secondary N) is 2. The van der Waals surface area contributed by atoms with E-state index in [9.17, 15) is 24.3 Å². The highest BCUT2D eigenvalue weighted by atomic mass is 16.4. The van der Waals surface area contributed by atoms with Crippen molar-refractivity contribution < 1.29 is 24.3 Å². The van der Waals surface area contributed by atoms with Gasteiger partial charge in [-0.05, 0) is 69.1 Å². The first-order valence-corrected chi connectivity index (χ1v) is 15.0. The number of carbonyl (C=O) groups excluding carboxylic acids is 3. The number of hydrogen-bond donors (Lipinski definition) is 3. The summed E-state index contributed by atoms with van der Waals surface area (Å²) in [4.78, 5) is 56.0. The number of carboxylic acids is 1. The van der Waals surface area contributed by atoms with Gasteiger partial charge in [0.2, 0.25) is 11.8 Å². The SMILES string of the molecule is CC(C)C[C@H](C(=O)O)N(C)C(=O)[C@H](NC(=O)[C@H](NC(=O)N1CCCCC1)C1CCCCC1)C1CCCCC1. The minimum absolute atomic E-state index is 0.0324. The van der Waals surface area contributed by atoms with E-state index in [4.69, 9.17) is 0 Å². The number of carbonyl (C=O) groups is 4. The van der Waals surface area contributed by atoms with Gasteiger partial charge in [-0.2, -0.15) is 0 Å². The van der Waals surface area contributed by atoms with Crippen LogP contribution in [0.5, 0.6) is 0 Å². The van der Waals surface area contributed by atoms with E-state index in [0.717, 1.165) is 83.5 Å². The van der Waals surface area contributed by atoms with Crippen molar-refractivity contribution in [2.75, 3.05) is 20.1 Å². The lowest BCUT2D eigenvalue weighted by atomic mass is 9.81. The third kappa shape index (κ3) is 8.34. The summed E-state index contributed by atoms with van der Waals surface area (Å²) in [5.74, 6) is -1.59. The lowest BCUT2D eigenvalue weighted by molar-refractivity contribution is -0.151. The van der Waals surface area contributed by atoms with Crippen LogP contribution < -0.4 is 10.6 Å². The number of amides is 4. The monoisotopic (exact) mass is 534 g/mol. The Morgan fingerprint density at radius 3 is 1.79 bits per heavy atom. The minimum Gasteiger partial charge on any atom is -0.480 e. The Balaban J connectivity index is 1.81. The van der Waals surface area contributed by atoms with E-state index >= 15 is 0 Å². The van der Waals surface area contributed by atoms with Crippen LogP contribution in [0.1, 0.15) is 104 Å². The maximum atomic E-state index is 13.9. The van der Waals surface area contributed by atoms with E-state index in [1.165, 1.54) is 4.90 Å². The van der Waals surface area contributed by atoms with Crippen molar-refractivity contribution >= 4 is 23.8 Å². The molecule has 1 heterocycles. The van der Waals surface area contributed by atoms with Crippen molar-refractivity contribution in [2.45, 2.75) is 122 Å². The van der Waals surface area contributed by atoms with E-state index in [-0.39, 0.29) is 35.6 Å². The number of hydrogen-bond acceptors (Lipinski definition) is 4. The fourth-order valence-electron chi connectivity index (χ4n) is 6.52. The van der Waals surface area contributed by atoms with Crippen LogP contribution in [0.3, 0.4) is 0 Å². The fraction of sp³-hybridized carbons (Fsp3) is 0.862. The highest BCUT2D eigenvalue weighted by Crippen LogP contribution is 2.30. The van der Waals surface area contributed by atoms with Crippen LogP contribution in [-0.4, -0.2) is 77.0 Å². The smallest absolute Gasteiger partial charge is 0.326 e. The summed E-state index contributed by atoms with van der Waals surface area (Å²) in [6.45, 7) is 5.28. The van der Waals surface area contributed by atoms with Gasteiger partial charge < -0.3 is 25.5 Å². The first-order chi connectivity index (χ1) is 18.2. The average molecular weight is 535 g/mol. The predicted molar refractivity (Wildman–Crippen MR) is 146 cm³/mol. The summed E-state index contributed by atoms with van der Waals surface area (Å²) in [6, 6.07) is -2.63. The van der Waals surface area contributed by atoms with Crippen molar-refractivity contribution in [2.24, 2.45) is 17.8 Å². The van der Waals surface area contributed by atoms with Crippen molar-refractivity contribution in [3.05, 3.63) is 0 Å². The van der Waals surface area contributed by atoms with Gasteiger partial charge in [-0.1, -0.05) is 52.4 Å². The van der Waals surface area contributed by atoms with E-state index < -0.39 is 24.1 Å². The third-order valence-electron chi connectivity index (χ3n) is 8.81. The molecule has 38 heavy (non-hydrogen) atoms. The molecule has 2 aliphatic carbocycles. The second-order valence-electron chi connectivity index (χ2n) is 12.2. The largest absolute Gasteiger partial charge is 0.480 e. The standard InChI is InChI=1S/C29H50N4O5/c1-20(2)19-23(28(36)37)32(3)27(35)25(22-15-9-5-10-16-22)30-26(34)24(21-13-7-4-8-14-21)31-29(38)33-17-11-6-12-18-33/h20-25H,4-19H2,1-3H3,(H,30,34)(H,31,38)(H,36,37)/t23-,24-,25-/m1/s1. The van der Waals surface area contributed by atoms with Crippen molar-refractivity contribution in [1.82, 2.24) is 20.4 Å². The average Bonchev–Trinajstić information content (AvgIpc) is 2.93. The molecule has 0 aromatic carbocycles. The van der Waals surface area contributed by atoms with E-state index in [0.29, 0.717) is 19.5 Å². The lowest BCUT2D eigenvalue weighted by Crippen LogP contribution is -2.61. The lowest BCUT2D eigenvalue weighted by Gasteiger charge is -2.37. The molecule has 9 nitrogen and oxygen atoms in total. The van der Waals surface area contributed by atoms with Gasteiger partial charge in [0.15, 0.2) is 0 Å². The molecule has 0 aromatic rings. The zero-order chi connectivity index (χ0) is 27.7. The molecule has 2 saturated carbocycles. The van der Waals surface area contributed by atoms with Gasteiger partial charge in [0, 0.05) is 20.1 Å². The zero-order valence-corrected chi connectivity index (χ0v) is 23.8. The molecule has 0 spiro atoms. The molecule has 3 atom stereocenters. The van der Waals surface area contributed by atoms with Crippen LogP contribution in [-0.2, 0) is 14.4 Å². The summed E-state index contributed by atoms with van der Waals surface area (Å²) in [7, 11) is 1.54. The Morgan fingerprint density at radius 2 is 1.29 bits per heavy atom. The Kier molecular flexibility index (Phi) is 11.7. The van der Waals surface area contributed by atoms with Crippen molar-refractivity contribution in [3.8, 4) is 0 Å². The second-order valence-corrected chi connectivity index (χ2v) is 12.2. The van der Waals surface area contributed by atoms with Gasteiger partial charge >= 0.3 is 12.0 Å². The minimum atomic E-state index is -1.03. The van der Waals surface area contributed by atoms with Crippen LogP contribution in [0, 0.1) is 17.8 Å². The summed E-state index contributed by atoms with van der Waals surface area (Å²) in [5, 5.41) is 16.0. The molecular weight excluding hydrogens is 484 g/mol. The molecule has 0 aromatic heterocycles. The summed E-state index contributed by atoms with van der Waals surface area (Å²) in [5.41, 5.74) is 0. The van der Waals surface area contributed by atoms with E-state index in [1.54, 1.807) is 11.9 Å². The van der Waals surface area contributed by atoms with Gasteiger partial charge in [-0.25, -0.2) is 9.59 Å². The van der Waals surface area contributed by atoms with Crippen LogP contribution >= 0.6 is 0 Å². The molecule has 3 fully saturated rings. The maximum Gasteiger partial charge on any atom is 0.326 e. The number of piperidine rings is 1. The highest BCUT2D eigenvalue weighted by Gasteiger charge is 2.40. The molecule has 3 rings (SSSR count). The number of rotatable bonds is 10. The van der Waals surface area contributed by atoms with Gasteiger partial charge in [-0.3, -0.25) is 9.59 Å². The molecule has 1 saturated heterocycles. The third-order valence-corrected chi connectivity index (χ3v) is 8.81. The molecule has 1 aliphatic heterocycles. The van der Waals surface area contributed by atoms with Gasteiger partial charge in [0.25, 0.3) is 0 Å². The Bertz CT molecular complexity index is 801. The molecule has 3 aliphatic rings. The second kappa shape index (κ2) is 14.7. The van der Waals surface area contributed by atoms with Crippen LogP contribution in [0.4, 0.5) is 4.79 Å². The zero-order valence-electron chi connectivity index (χ0n) is 23.8. The topological polar surface area (TPSA) is 119 Å². The first-order valence-electron chi connectivity index (χ1n) is 15.0. The van der Waals surface area contributed by atoms with Crippen LogP contribution in [0.2, 0.25) is 0 Å². The van der Waals surface area contributed by atoms with Crippen LogP contribution in [0.15, 0.2) is 0 Å². The number of likely N-dealkylation sites (N-methyl/N-ethyl adjacent to an activating group) is 1. The molecule has 4 amide bonds. The molecule has 9 heteroatoms. The van der Waals surface area contributed by atoms with Crippen molar-refractivity contribution in [1.29, 1.82) is 0 Å². The van der Waals surface area contributed by atoms with Gasteiger partial charge in [-0.15, -0.1) is 0 Å². The predicted octanol–water partition coefficient (Wildman–Crippen LogP) is 4.15. The van der Waals surface area contributed by atoms with E-state index in [2.05, 4.69) is 10.6 Å². The Hall–Kier alpha value is -2.32. The number of likely N-dealkylation sites (tertiary alicyclic amines) is 1. The number of nitrogens with zero attached hydrogens (tertiary/aromatic N) is 2. The summed E-state index contributed by atoms with van der Waals surface area (Å²) in [6.07, 6.45) is 13.0. The first kappa shape index (κ1) is 30.2. The quantitative estimate of drug-likeness (QED) is 0.389. The highest BCUT2D eigenvalue weighted by molar-refractivity contribution is 5.93. The van der Waals surface area contributed by atoms with Gasteiger partial charge in [0.1, 0.15) is 18.1 Å².